The normalized spacial score (nSPS) is 18.0. The Morgan fingerprint density at radius 2 is 1.81 bits per heavy atom. The number of benzene rings is 1. The summed E-state index contributed by atoms with van der Waals surface area (Å²) < 4.78 is 12.7. The first-order valence-electron chi connectivity index (χ1n) is 12.6. The zero-order chi connectivity index (χ0) is 24.8. The molecule has 1 amide bonds. The van der Waals surface area contributed by atoms with Gasteiger partial charge in [0.1, 0.15) is 13.2 Å². The summed E-state index contributed by atoms with van der Waals surface area (Å²) in [5.74, 6) is 1.65. The predicted molar refractivity (Wildman–Crippen MR) is 133 cm³/mol. The number of aryl methyl sites for hydroxylation is 1. The van der Waals surface area contributed by atoms with E-state index in [1.54, 1.807) is 11.0 Å². The van der Waals surface area contributed by atoms with Crippen LogP contribution in [0.3, 0.4) is 0 Å². The molecule has 1 saturated heterocycles. The number of hydrogen-bond acceptors (Lipinski definition) is 7. The number of nitrogens with zero attached hydrogens (tertiary/aromatic N) is 4. The second kappa shape index (κ2) is 9.09. The van der Waals surface area contributed by atoms with Gasteiger partial charge in [-0.15, -0.1) is 0 Å². The third kappa shape index (κ3) is 4.15. The quantitative estimate of drug-likeness (QED) is 0.579. The molecule has 188 valence electrons. The van der Waals surface area contributed by atoms with Gasteiger partial charge in [0.2, 0.25) is 0 Å². The Morgan fingerprint density at radius 1 is 1.06 bits per heavy atom. The molecule has 3 aromatic rings. The fraction of sp³-hybridized carbons (Fsp3) is 0.462. The van der Waals surface area contributed by atoms with Gasteiger partial charge in [0.05, 0.1) is 10.9 Å². The largest absolute Gasteiger partial charge is 0.486 e. The van der Waals surface area contributed by atoms with Crippen LogP contribution in [0.15, 0.2) is 33.9 Å². The summed E-state index contributed by atoms with van der Waals surface area (Å²) in [5.41, 5.74) is 1.51. The Balaban J connectivity index is 1.23. The maximum atomic E-state index is 13.7. The Kier molecular flexibility index (Phi) is 5.75. The SMILES string of the molecule is CCn1c(=O)[nH]c(=O)c2c(C(=O)N3CCN(Cc4ccc5c(c4)OCCO5)CC3)cc(C3CC3)nc21. The number of hydrogen-bond donors (Lipinski definition) is 1. The van der Waals surface area contributed by atoms with Crippen LogP contribution in [-0.2, 0) is 13.1 Å². The second-order valence-corrected chi connectivity index (χ2v) is 9.62. The van der Waals surface area contributed by atoms with E-state index in [0.29, 0.717) is 57.1 Å². The number of piperazine rings is 1. The van der Waals surface area contributed by atoms with E-state index in [-0.39, 0.29) is 17.2 Å². The zero-order valence-corrected chi connectivity index (χ0v) is 20.3. The number of H-pyrrole nitrogens is 1. The summed E-state index contributed by atoms with van der Waals surface area (Å²) in [6, 6.07) is 7.79. The van der Waals surface area contributed by atoms with Crippen molar-refractivity contribution in [1.29, 1.82) is 0 Å². The highest BCUT2D eigenvalue weighted by molar-refractivity contribution is 6.05. The highest BCUT2D eigenvalue weighted by atomic mass is 16.6. The maximum Gasteiger partial charge on any atom is 0.329 e. The number of fused-ring (bicyclic) bond motifs is 2. The van der Waals surface area contributed by atoms with E-state index in [1.165, 1.54) is 4.57 Å². The third-order valence-corrected chi connectivity index (χ3v) is 7.18. The van der Waals surface area contributed by atoms with Crippen LogP contribution in [-0.4, -0.2) is 69.6 Å². The van der Waals surface area contributed by atoms with Crippen LogP contribution in [0.5, 0.6) is 11.5 Å². The smallest absolute Gasteiger partial charge is 0.329 e. The van der Waals surface area contributed by atoms with Crippen LogP contribution < -0.4 is 20.7 Å². The van der Waals surface area contributed by atoms with E-state index in [4.69, 9.17) is 9.47 Å². The average molecular weight is 492 g/mol. The van der Waals surface area contributed by atoms with Gasteiger partial charge in [0.15, 0.2) is 17.1 Å². The van der Waals surface area contributed by atoms with Crippen LogP contribution in [0.4, 0.5) is 0 Å². The molecule has 36 heavy (non-hydrogen) atoms. The van der Waals surface area contributed by atoms with E-state index in [9.17, 15) is 14.4 Å². The monoisotopic (exact) mass is 491 g/mol. The molecule has 4 heterocycles. The van der Waals surface area contributed by atoms with Crippen molar-refractivity contribution in [2.75, 3.05) is 39.4 Å². The lowest BCUT2D eigenvalue weighted by Crippen LogP contribution is -2.48. The van der Waals surface area contributed by atoms with Gasteiger partial charge in [-0.05, 0) is 43.5 Å². The van der Waals surface area contributed by atoms with Crippen LogP contribution in [0.1, 0.15) is 47.3 Å². The van der Waals surface area contributed by atoms with Crippen LogP contribution in [0, 0.1) is 0 Å². The molecule has 1 aromatic carbocycles. The van der Waals surface area contributed by atoms with Crippen molar-refractivity contribution in [3.63, 3.8) is 0 Å². The Bertz CT molecular complexity index is 1450. The summed E-state index contributed by atoms with van der Waals surface area (Å²) in [6.45, 7) is 6.61. The Morgan fingerprint density at radius 3 is 2.53 bits per heavy atom. The molecular formula is C26H29N5O5. The first kappa shape index (κ1) is 22.8. The van der Waals surface area contributed by atoms with E-state index in [0.717, 1.165) is 42.1 Å². The summed E-state index contributed by atoms with van der Waals surface area (Å²) >= 11 is 0. The lowest BCUT2D eigenvalue weighted by atomic mass is 10.1. The van der Waals surface area contributed by atoms with Gasteiger partial charge in [-0.2, -0.15) is 0 Å². The van der Waals surface area contributed by atoms with E-state index < -0.39 is 11.2 Å². The van der Waals surface area contributed by atoms with Crippen molar-refractivity contribution >= 4 is 16.9 Å². The highest BCUT2D eigenvalue weighted by Crippen LogP contribution is 2.40. The van der Waals surface area contributed by atoms with Crippen LogP contribution in [0.25, 0.3) is 11.0 Å². The molecule has 3 aliphatic rings. The van der Waals surface area contributed by atoms with Gasteiger partial charge in [-0.1, -0.05) is 6.07 Å². The molecule has 10 heteroatoms. The fourth-order valence-corrected chi connectivity index (χ4v) is 5.07. The van der Waals surface area contributed by atoms with Gasteiger partial charge in [-0.3, -0.25) is 24.0 Å². The Hall–Kier alpha value is -3.66. The number of carbonyl (C=O) groups is 1. The Labute approximate surface area is 207 Å². The van der Waals surface area contributed by atoms with E-state index >= 15 is 0 Å². The summed E-state index contributed by atoms with van der Waals surface area (Å²) in [5, 5.41) is 0.199. The number of nitrogens with one attached hydrogen (secondary N) is 1. The van der Waals surface area contributed by atoms with Gasteiger partial charge < -0.3 is 14.4 Å². The topological polar surface area (TPSA) is 110 Å². The molecule has 0 radical (unpaired) electrons. The zero-order valence-electron chi connectivity index (χ0n) is 20.3. The summed E-state index contributed by atoms with van der Waals surface area (Å²) in [4.78, 5) is 50.0. The first-order valence-corrected chi connectivity index (χ1v) is 12.6. The number of rotatable bonds is 5. The van der Waals surface area contributed by atoms with Crippen molar-refractivity contribution in [3.8, 4) is 11.5 Å². The van der Waals surface area contributed by atoms with E-state index in [2.05, 4.69) is 14.9 Å². The number of carbonyl (C=O) groups excluding carboxylic acids is 1. The minimum atomic E-state index is -0.560. The van der Waals surface area contributed by atoms with E-state index in [1.807, 2.05) is 25.1 Å². The molecule has 0 spiro atoms. The molecule has 1 aliphatic carbocycles. The van der Waals surface area contributed by atoms with Crippen molar-refractivity contribution < 1.29 is 14.3 Å². The summed E-state index contributed by atoms with van der Waals surface area (Å²) in [6.07, 6.45) is 2.01. The lowest BCUT2D eigenvalue weighted by Gasteiger charge is -2.35. The van der Waals surface area contributed by atoms with Crippen LogP contribution in [0.2, 0.25) is 0 Å². The van der Waals surface area contributed by atoms with Gasteiger partial charge in [-0.25, -0.2) is 9.78 Å². The number of aromatic nitrogens is 3. The first-order chi connectivity index (χ1) is 17.5. The average Bonchev–Trinajstić information content (AvgIpc) is 3.74. The molecule has 6 rings (SSSR count). The number of aromatic amines is 1. The molecular weight excluding hydrogens is 462 g/mol. The number of ether oxygens (including phenoxy) is 2. The standard InChI is InChI=1S/C26H29N5O5/c1-2-31-23-22(24(32)28-26(31)34)18(14-19(27-23)17-4-5-17)25(33)30-9-7-29(8-10-30)15-16-3-6-20-21(13-16)36-12-11-35-20/h3,6,13-14,17H,2,4-5,7-12,15H2,1H3,(H,28,32,34). The van der Waals surface area contributed by atoms with Crippen molar-refractivity contribution in [1.82, 2.24) is 24.3 Å². The molecule has 0 bridgehead atoms. The van der Waals surface area contributed by atoms with Crippen molar-refractivity contribution in [2.45, 2.75) is 38.8 Å². The molecule has 2 fully saturated rings. The van der Waals surface area contributed by atoms with Crippen molar-refractivity contribution in [3.05, 3.63) is 61.9 Å². The number of pyridine rings is 1. The van der Waals surface area contributed by atoms with Crippen molar-refractivity contribution in [2.24, 2.45) is 0 Å². The lowest BCUT2D eigenvalue weighted by molar-refractivity contribution is 0.0630. The highest BCUT2D eigenvalue weighted by Gasteiger charge is 2.31. The third-order valence-electron chi connectivity index (χ3n) is 7.18. The predicted octanol–water partition coefficient (Wildman–Crippen LogP) is 1.71. The van der Waals surface area contributed by atoms with Gasteiger partial charge >= 0.3 is 5.69 Å². The van der Waals surface area contributed by atoms with Crippen LogP contribution >= 0.6 is 0 Å². The molecule has 2 aliphatic heterocycles. The summed E-state index contributed by atoms with van der Waals surface area (Å²) in [7, 11) is 0. The van der Waals surface area contributed by atoms with Gasteiger partial charge in [0, 0.05) is 50.9 Å². The molecule has 1 N–H and O–H groups in total. The van der Waals surface area contributed by atoms with Gasteiger partial charge in [0.25, 0.3) is 11.5 Å². The number of amides is 1. The minimum Gasteiger partial charge on any atom is -0.486 e. The molecule has 2 aromatic heterocycles. The fourth-order valence-electron chi connectivity index (χ4n) is 5.07. The molecule has 0 unspecified atom stereocenters. The molecule has 1 saturated carbocycles. The maximum absolute atomic E-state index is 13.7. The second-order valence-electron chi connectivity index (χ2n) is 9.62. The minimum absolute atomic E-state index is 0.185. The molecule has 0 atom stereocenters. The molecule has 10 nitrogen and oxygen atoms in total.